The van der Waals surface area contributed by atoms with Gasteiger partial charge in [0, 0.05) is 0 Å². The smallest absolute Gasteiger partial charge is 0.0647 e. The zero-order chi connectivity index (χ0) is 48.4. The summed E-state index contributed by atoms with van der Waals surface area (Å²) in [5.41, 5.74) is 2.25. The molecule has 64 heavy (non-hydrogen) atoms. The Morgan fingerprint density at radius 1 is 0.406 bits per heavy atom. The third-order valence-corrected chi connectivity index (χ3v) is 23.6. The summed E-state index contributed by atoms with van der Waals surface area (Å²) in [4.78, 5) is 0. The first-order valence-corrected chi connectivity index (χ1v) is 27.3. The van der Waals surface area contributed by atoms with E-state index in [-0.39, 0.29) is 63.7 Å². The van der Waals surface area contributed by atoms with Gasteiger partial charge in [-0.3, -0.25) is 0 Å². The molecule has 6 heteroatoms. The van der Waals surface area contributed by atoms with Crippen LogP contribution in [0.4, 0.5) is 0 Å². The first kappa shape index (κ1) is 54.7. The SMILES string of the molecule is CC1(C)C2CCC1(C)C(O)C2.CC1(C)C2CC[C@]1(C)[C@@H](O)C2.CC1(C)C2CC[C@]1(C)[C@H](O)C2.CC12CCC(C1)C(C)(C)C2O.CC1CC(C)CC(O)C1.CC1CCC(C(C)C)C(O)C1. The van der Waals surface area contributed by atoms with Gasteiger partial charge in [0.2, 0.25) is 0 Å². The van der Waals surface area contributed by atoms with Crippen LogP contribution in [-0.2, 0) is 0 Å². The molecule has 0 saturated heterocycles. The van der Waals surface area contributed by atoms with Crippen LogP contribution in [0, 0.1) is 96.6 Å². The van der Waals surface area contributed by atoms with Crippen molar-refractivity contribution in [3.8, 4) is 0 Å². The Hall–Kier alpha value is -0.240. The summed E-state index contributed by atoms with van der Waals surface area (Å²) in [5.74, 6) is 6.55. The molecule has 0 aromatic heterocycles. The van der Waals surface area contributed by atoms with Gasteiger partial charge < -0.3 is 30.6 Å². The fourth-order valence-corrected chi connectivity index (χ4v) is 16.8. The van der Waals surface area contributed by atoms with E-state index in [1.54, 1.807) is 0 Å². The highest BCUT2D eigenvalue weighted by Gasteiger charge is 2.63. The van der Waals surface area contributed by atoms with Crippen molar-refractivity contribution in [2.24, 2.45) is 96.6 Å². The standard InChI is InChI=1S/4C10H18O.C10H20O.C8H16O/c1-9(2)7-4-5-10(3,6-7)8(9)11;3*1-9(2)7-4-5-10(9,3)8(11)6-7;1-7(2)9-5-4-8(3)6-10(9)11;1-6-3-7(2)5-8(9)4-6/h4*7-8,11H,4-6H2,1-3H3;7-11H,4-6H2,1-3H3;6-9H,3-5H2,1-2H3/t;7?,8-,10+;7?,8-,10-;;;/m.01.../s1. The van der Waals surface area contributed by atoms with Gasteiger partial charge in [0.1, 0.15) is 0 Å². The summed E-state index contributed by atoms with van der Waals surface area (Å²) in [7, 11) is 0. The normalized spacial score (nSPS) is 49.9. The average molecular weight is 901 g/mol. The fraction of sp³-hybridized carbons (Fsp3) is 1.00. The Kier molecular flexibility index (Phi) is 16.7. The van der Waals surface area contributed by atoms with E-state index < -0.39 is 0 Å². The second-order valence-corrected chi connectivity index (χ2v) is 28.7. The van der Waals surface area contributed by atoms with E-state index in [2.05, 4.69) is 118 Å². The van der Waals surface area contributed by atoms with Crippen molar-refractivity contribution < 1.29 is 30.6 Å². The minimum Gasteiger partial charge on any atom is -0.393 e. The topological polar surface area (TPSA) is 121 Å². The van der Waals surface area contributed by atoms with Crippen LogP contribution in [0.5, 0.6) is 0 Å². The number of aliphatic hydroxyl groups is 6. The first-order chi connectivity index (χ1) is 29.2. The Morgan fingerprint density at radius 2 is 0.781 bits per heavy atom. The van der Waals surface area contributed by atoms with Crippen LogP contribution in [-0.4, -0.2) is 67.3 Å². The van der Waals surface area contributed by atoms with Crippen molar-refractivity contribution in [3.63, 3.8) is 0 Å². The molecular formula is C58H108O6. The van der Waals surface area contributed by atoms with Crippen molar-refractivity contribution in [2.75, 3.05) is 0 Å². The first-order valence-electron chi connectivity index (χ1n) is 27.3. The zero-order valence-electron chi connectivity index (χ0n) is 45.1. The molecule has 0 aromatic rings. The van der Waals surface area contributed by atoms with E-state index in [0.29, 0.717) is 28.1 Å². The van der Waals surface area contributed by atoms with Gasteiger partial charge >= 0.3 is 0 Å². The molecule has 6 nitrogen and oxygen atoms in total. The molecule has 376 valence electrons. The summed E-state index contributed by atoms with van der Waals surface area (Å²) in [6, 6.07) is 0. The van der Waals surface area contributed by atoms with Crippen LogP contribution >= 0.6 is 0 Å². The lowest BCUT2D eigenvalue weighted by atomic mass is 9.70. The van der Waals surface area contributed by atoms with Gasteiger partial charge in [-0.1, -0.05) is 124 Å². The van der Waals surface area contributed by atoms with Crippen LogP contribution in [0.1, 0.15) is 233 Å². The lowest BCUT2D eigenvalue weighted by molar-refractivity contribution is -0.0340. The number of hydrogen-bond donors (Lipinski definition) is 6. The van der Waals surface area contributed by atoms with E-state index in [1.807, 2.05) is 0 Å². The zero-order valence-corrected chi connectivity index (χ0v) is 45.1. The van der Waals surface area contributed by atoms with E-state index in [4.69, 9.17) is 0 Å². The van der Waals surface area contributed by atoms with Crippen LogP contribution < -0.4 is 0 Å². The van der Waals surface area contributed by atoms with Crippen molar-refractivity contribution in [1.82, 2.24) is 0 Å². The highest BCUT2D eigenvalue weighted by molar-refractivity contribution is 5.12. The molecule has 10 aliphatic carbocycles. The number of aliphatic hydroxyl groups excluding tert-OH is 6. The van der Waals surface area contributed by atoms with Gasteiger partial charge in [0.25, 0.3) is 0 Å². The third kappa shape index (κ3) is 10.0. The quantitative estimate of drug-likeness (QED) is 0.156. The summed E-state index contributed by atoms with van der Waals surface area (Å²) in [5, 5.41) is 58.4. The van der Waals surface area contributed by atoms with Gasteiger partial charge in [0.15, 0.2) is 0 Å². The molecule has 0 heterocycles. The summed E-state index contributed by atoms with van der Waals surface area (Å²) in [6.45, 7) is 38.5. The molecule has 10 aliphatic rings. The van der Waals surface area contributed by atoms with E-state index in [1.165, 1.54) is 77.0 Å². The minimum atomic E-state index is -0.0613. The van der Waals surface area contributed by atoms with Crippen LogP contribution in [0.2, 0.25) is 0 Å². The predicted molar refractivity (Wildman–Crippen MR) is 266 cm³/mol. The molecule has 13 unspecified atom stereocenters. The molecular weight excluding hydrogens is 793 g/mol. The molecule has 0 aromatic carbocycles. The van der Waals surface area contributed by atoms with E-state index in [9.17, 15) is 30.6 Å². The molecule has 17 atom stereocenters. The summed E-state index contributed by atoms with van der Waals surface area (Å²) in [6.07, 6.45) is 21.3. The fourth-order valence-electron chi connectivity index (χ4n) is 16.8. The van der Waals surface area contributed by atoms with E-state index in [0.717, 1.165) is 80.0 Å². The van der Waals surface area contributed by atoms with Crippen LogP contribution in [0.15, 0.2) is 0 Å². The summed E-state index contributed by atoms with van der Waals surface area (Å²) >= 11 is 0. The Morgan fingerprint density at radius 3 is 0.984 bits per heavy atom. The number of fused-ring (bicyclic) bond motifs is 8. The van der Waals surface area contributed by atoms with Crippen LogP contribution in [0.3, 0.4) is 0 Å². The maximum atomic E-state index is 10.0. The second-order valence-electron chi connectivity index (χ2n) is 28.7. The Balaban J connectivity index is 0.000000145. The predicted octanol–water partition coefficient (Wildman–Crippen LogP) is 13.0. The molecule has 0 aliphatic heterocycles. The van der Waals surface area contributed by atoms with Gasteiger partial charge in [-0.05, 0) is 206 Å². The highest BCUT2D eigenvalue weighted by atomic mass is 16.3. The second kappa shape index (κ2) is 19.5. The molecule has 10 fully saturated rings. The molecule has 0 amide bonds. The minimum absolute atomic E-state index is 0.0104. The van der Waals surface area contributed by atoms with Crippen molar-refractivity contribution in [3.05, 3.63) is 0 Å². The largest absolute Gasteiger partial charge is 0.393 e. The van der Waals surface area contributed by atoms with Gasteiger partial charge in [-0.2, -0.15) is 0 Å². The third-order valence-electron chi connectivity index (χ3n) is 23.6. The lowest BCUT2D eigenvalue weighted by Crippen LogP contribution is -2.39. The monoisotopic (exact) mass is 901 g/mol. The molecule has 0 radical (unpaired) electrons. The van der Waals surface area contributed by atoms with E-state index >= 15 is 0 Å². The average Bonchev–Trinajstić information content (AvgIpc) is 3.96. The molecule has 10 saturated carbocycles. The maximum absolute atomic E-state index is 10.0. The van der Waals surface area contributed by atoms with Gasteiger partial charge in [-0.25, -0.2) is 0 Å². The maximum Gasteiger partial charge on any atom is 0.0647 e. The number of rotatable bonds is 1. The van der Waals surface area contributed by atoms with Crippen molar-refractivity contribution in [2.45, 2.75) is 270 Å². The lowest BCUT2D eigenvalue weighted by Gasteiger charge is -2.38. The molecule has 0 spiro atoms. The van der Waals surface area contributed by atoms with Crippen molar-refractivity contribution >= 4 is 0 Å². The Labute approximate surface area is 395 Å². The van der Waals surface area contributed by atoms with Gasteiger partial charge in [0.05, 0.1) is 36.6 Å². The Bertz CT molecular complexity index is 1390. The molecule has 8 bridgehead atoms. The number of hydrogen-bond acceptors (Lipinski definition) is 6. The van der Waals surface area contributed by atoms with Crippen LogP contribution in [0.25, 0.3) is 0 Å². The molecule has 10 rings (SSSR count). The van der Waals surface area contributed by atoms with Crippen molar-refractivity contribution in [1.29, 1.82) is 0 Å². The van der Waals surface area contributed by atoms with Gasteiger partial charge in [-0.15, -0.1) is 0 Å². The summed E-state index contributed by atoms with van der Waals surface area (Å²) < 4.78 is 0. The highest BCUT2D eigenvalue weighted by Crippen LogP contribution is 2.67. The molecule has 6 N–H and O–H groups in total.